The van der Waals surface area contributed by atoms with Crippen molar-refractivity contribution >= 4 is 29.1 Å². The number of nitrogens with zero attached hydrogens (tertiary/aromatic N) is 2. The Morgan fingerprint density at radius 1 is 1.41 bits per heavy atom. The van der Waals surface area contributed by atoms with Crippen LogP contribution in [-0.2, 0) is 4.79 Å². The highest BCUT2D eigenvalue weighted by Crippen LogP contribution is 2.46. The van der Waals surface area contributed by atoms with Gasteiger partial charge in [0.1, 0.15) is 12.1 Å². The van der Waals surface area contributed by atoms with Gasteiger partial charge in [0.05, 0.1) is 22.2 Å². The molecule has 2 rings (SSSR count). The standard InChI is InChI=1S/C15H16Cl2N2O3/c1-7(8-4-5-10(16)12(20)11(8)17)19-13(21)9(6-18)15(2,3)14(19)22/h4-5,7,9,14,20,22H,1-3H3. The maximum atomic E-state index is 12.5. The van der Waals surface area contributed by atoms with E-state index in [-0.39, 0.29) is 15.8 Å². The van der Waals surface area contributed by atoms with Crippen LogP contribution < -0.4 is 0 Å². The Bertz CT molecular complexity index is 669. The molecule has 1 saturated heterocycles. The van der Waals surface area contributed by atoms with Crippen molar-refractivity contribution < 1.29 is 15.0 Å². The molecule has 118 valence electrons. The smallest absolute Gasteiger partial charge is 0.243 e. The third-order valence-electron chi connectivity index (χ3n) is 4.27. The van der Waals surface area contributed by atoms with Crippen molar-refractivity contribution in [3.8, 4) is 11.8 Å². The molecule has 0 spiro atoms. The van der Waals surface area contributed by atoms with Gasteiger partial charge in [0.25, 0.3) is 0 Å². The first-order valence-electron chi connectivity index (χ1n) is 6.71. The maximum absolute atomic E-state index is 12.5. The molecule has 0 aliphatic carbocycles. The molecule has 0 aromatic heterocycles. The number of rotatable bonds is 2. The van der Waals surface area contributed by atoms with E-state index in [2.05, 4.69) is 0 Å². The van der Waals surface area contributed by atoms with Gasteiger partial charge in [-0.15, -0.1) is 0 Å². The Labute approximate surface area is 138 Å². The molecule has 5 nitrogen and oxygen atoms in total. The summed E-state index contributed by atoms with van der Waals surface area (Å²) in [6.45, 7) is 5.00. The second-order valence-electron chi connectivity index (χ2n) is 5.98. The fourth-order valence-corrected chi connectivity index (χ4v) is 3.28. The van der Waals surface area contributed by atoms with E-state index < -0.39 is 29.5 Å². The number of likely N-dealkylation sites (tertiary alicyclic amines) is 1. The quantitative estimate of drug-likeness (QED) is 0.864. The first kappa shape index (κ1) is 16.9. The molecular weight excluding hydrogens is 327 g/mol. The van der Waals surface area contributed by atoms with Gasteiger partial charge >= 0.3 is 0 Å². The van der Waals surface area contributed by atoms with E-state index in [4.69, 9.17) is 23.2 Å². The molecule has 3 unspecified atom stereocenters. The molecule has 0 saturated carbocycles. The summed E-state index contributed by atoms with van der Waals surface area (Å²) in [5.74, 6) is -1.67. The van der Waals surface area contributed by atoms with Crippen molar-refractivity contribution in [2.45, 2.75) is 33.0 Å². The summed E-state index contributed by atoms with van der Waals surface area (Å²) >= 11 is 11.9. The fraction of sp³-hybridized carbons (Fsp3) is 0.467. The summed E-state index contributed by atoms with van der Waals surface area (Å²) < 4.78 is 0. The van der Waals surface area contributed by atoms with Crippen LogP contribution in [0.25, 0.3) is 0 Å². The zero-order valence-electron chi connectivity index (χ0n) is 12.3. The van der Waals surface area contributed by atoms with Crippen LogP contribution in [0.3, 0.4) is 0 Å². The molecule has 1 aromatic carbocycles. The summed E-state index contributed by atoms with van der Waals surface area (Å²) in [4.78, 5) is 13.7. The number of aliphatic hydroxyl groups excluding tert-OH is 1. The van der Waals surface area contributed by atoms with Gasteiger partial charge in [-0.1, -0.05) is 43.1 Å². The average molecular weight is 343 g/mol. The van der Waals surface area contributed by atoms with Crippen LogP contribution in [0.2, 0.25) is 10.0 Å². The fourth-order valence-electron chi connectivity index (χ4n) is 2.75. The molecule has 3 atom stereocenters. The van der Waals surface area contributed by atoms with Crippen LogP contribution >= 0.6 is 23.2 Å². The molecule has 22 heavy (non-hydrogen) atoms. The average Bonchev–Trinajstić information content (AvgIpc) is 2.61. The lowest BCUT2D eigenvalue weighted by molar-refractivity contribution is -0.138. The topological polar surface area (TPSA) is 84.6 Å². The minimum absolute atomic E-state index is 0.0261. The highest BCUT2D eigenvalue weighted by atomic mass is 35.5. The van der Waals surface area contributed by atoms with Crippen molar-refractivity contribution in [2.75, 3.05) is 0 Å². The van der Waals surface area contributed by atoms with Crippen molar-refractivity contribution in [3.63, 3.8) is 0 Å². The summed E-state index contributed by atoms with van der Waals surface area (Å²) in [6.07, 6.45) is -1.13. The molecule has 1 fully saturated rings. The van der Waals surface area contributed by atoms with Gasteiger partial charge in [0, 0.05) is 5.41 Å². The Hall–Kier alpha value is -1.48. The Morgan fingerprint density at radius 2 is 2.00 bits per heavy atom. The van der Waals surface area contributed by atoms with Crippen LogP contribution in [0.5, 0.6) is 5.75 Å². The van der Waals surface area contributed by atoms with E-state index in [9.17, 15) is 20.3 Å². The summed E-state index contributed by atoms with van der Waals surface area (Å²) in [5, 5.41) is 29.6. The zero-order valence-corrected chi connectivity index (χ0v) is 13.9. The van der Waals surface area contributed by atoms with Crippen molar-refractivity contribution in [1.29, 1.82) is 5.26 Å². The Kier molecular flexibility index (Phi) is 4.31. The molecule has 2 N–H and O–H groups in total. The van der Waals surface area contributed by atoms with Gasteiger partial charge in [-0.05, 0) is 18.6 Å². The monoisotopic (exact) mass is 342 g/mol. The minimum atomic E-state index is -1.13. The van der Waals surface area contributed by atoms with Crippen LogP contribution in [0.1, 0.15) is 32.4 Å². The largest absolute Gasteiger partial charge is 0.505 e. The SMILES string of the molecule is CC(c1ccc(Cl)c(O)c1Cl)N1C(=O)C(C#N)C(C)(C)C1O. The third kappa shape index (κ3) is 2.32. The van der Waals surface area contributed by atoms with Gasteiger partial charge in [0.15, 0.2) is 5.75 Å². The number of phenolic OH excluding ortho intramolecular Hbond substituents is 1. The molecule has 1 aromatic rings. The van der Waals surface area contributed by atoms with Gasteiger partial charge in [0.2, 0.25) is 5.91 Å². The van der Waals surface area contributed by atoms with Crippen molar-refractivity contribution in [1.82, 2.24) is 4.90 Å². The highest BCUT2D eigenvalue weighted by Gasteiger charge is 2.55. The van der Waals surface area contributed by atoms with Crippen molar-refractivity contribution in [3.05, 3.63) is 27.7 Å². The number of carbonyl (C=O) groups is 1. The second-order valence-corrected chi connectivity index (χ2v) is 6.76. The molecule has 0 bridgehead atoms. The van der Waals surface area contributed by atoms with E-state index >= 15 is 0 Å². The number of aliphatic hydroxyl groups is 1. The van der Waals surface area contributed by atoms with Crippen LogP contribution in [0.4, 0.5) is 0 Å². The number of benzene rings is 1. The summed E-state index contributed by atoms with van der Waals surface area (Å²) in [6, 6.07) is 4.39. The van der Waals surface area contributed by atoms with Gasteiger partial charge in [-0.25, -0.2) is 0 Å². The molecule has 7 heteroatoms. The Balaban J connectivity index is 2.47. The highest BCUT2D eigenvalue weighted by molar-refractivity contribution is 6.37. The van der Waals surface area contributed by atoms with Gasteiger partial charge < -0.3 is 15.1 Å². The Morgan fingerprint density at radius 3 is 2.50 bits per heavy atom. The third-order valence-corrected chi connectivity index (χ3v) is 4.97. The molecule has 1 amide bonds. The van der Waals surface area contributed by atoms with Crippen LogP contribution in [0, 0.1) is 22.7 Å². The van der Waals surface area contributed by atoms with Crippen LogP contribution in [-0.4, -0.2) is 27.2 Å². The lowest BCUT2D eigenvalue weighted by Gasteiger charge is -2.32. The molecular formula is C15H16Cl2N2O3. The van der Waals surface area contributed by atoms with E-state index in [1.807, 2.05) is 6.07 Å². The van der Waals surface area contributed by atoms with E-state index in [0.717, 1.165) is 0 Å². The maximum Gasteiger partial charge on any atom is 0.243 e. The summed E-state index contributed by atoms with van der Waals surface area (Å²) in [5.41, 5.74) is -0.452. The van der Waals surface area contributed by atoms with E-state index in [1.54, 1.807) is 26.8 Å². The number of phenols is 1. The van der Waals surface area contributed by atoms with Crippen LogP contribution in [0.15, 0.2) is 12.1 Å². The lowest BCUT2D eigenvalue weighted by atomic mass is 9.81. The number of nitriles is 1. The van der Waals surface area contributed by atoms with E-state index in [1.165, 1.54) is 11.0 Å². The number of hydrogen-bond acceptors (Lipinski definition) is 4. The first-order chi connectivity index (χ1) is 10.1. The number of carbonyl (C=O) groups excluding carboxylic acids is 1. The minimum Gasteiger partial charge on any atom is -0.505 e. The van der Waals surface area contributed by atoms with E-state index in [0.29, 0.717) is 5.56 Å². The molecule has 0 radical (unpaired) electrons. The van der Waals surface area contributed by atoms with Crippen molar-refractivity contribution in [2.24, 2.45) is 11.3 Å². The van der Waals surface area contributed by atoms with Gasteiger partial charge in [-0.2, -0.15) is 5.26 Å². The molecule has 1 heterocycles. The predicted octanol–water partition coefficient (Wildman–Crippen LogP) is 3.09. The number of aromatic hydroxyl groups is 1. The summed E-state index contributed by atoms with van der Waals surface area (Å²) in [7, 11) is 0. The normalized spacial score (nSPS) is 25.1. The zero-order chi connectivity index (χ0) is 16.8. The molecule has 1 aliphatic rings. The first-order valence-corrected chi connectivity index (χ1v) is 7.46. The number of halogens is 2. The number of amides is 1. The lowest BCUT2D eigenvalue weighted by Crippen LogP contribution is -2.39. The molecule has 1 aliphatic heterocycles. The number of hydrogen-bond donors (Lipinski definition) is 2. The predicted molar refractivity (Wildman–Crippen MR) is 82.3 cm³/mol. The van der Waals surface area contributed by atoms with Gasteiger partial charge in [-0.3, -0.25) is 4.79 Å². The second kappa shape index (κ2) is 5.62.